The Labute approximate surface area is 153 Å². The summed E-state index contributed by atoms with van der Waals surface area (Å²) >= 11 is 0. The highest BCUT2D eigenvalue weighted by Gasteiger charge is 2.31. The predicted octanol–water partition coefficient (Wildman–Crippen LogP) is 4.85. The Hall–Kier alpha value is -3.33. The molecule has 3 nitrogen and oxygen atoms in total. The highest BCUT2D eigenvalue weighted by Crippen LogP contribution is 2.35. The first-order valence-corrected chi connectivity index (χ1v) is 8.57. The molecule has 0 atom stereocenters. The summed E-state index contributed by atoms with van der Waals surface area (Å²) in [6.07, 6.45) is 2.06. The molecule has 1 heterocycles. The quantitative estimate of drug-likeness (QED) is 0.679. The largest absolute Gasteiger partial charge is 0.497 e. The molecule has 0 aliphatic carbocycles. The summed E-state index contributed by atoms with van der Waals surface area (Å²) in [5.41, 5.74) is 4.80. The summed E-state index contributed by atoms with van der Waals surface area (Å²) in [7, 11) is 1.65. The molecule has 0 aromatic heterocycles. The van der Waals surface area contributed by atoms with Crippen LogP contribution in [0.3, 0.4) is 0 Å². The number of carbonyl (C=O) groups excluding carboxylic acids is 1. The molecule has 1 aliphatic heterocycles. The summed E-state index contributed by atoms with van der Waals surface area (Å²) < 4.78 is 5.23. The first-order chi connectivity index (χ1) is 12.8. The van der Waals surface area contributed by atoms with Gasteiger partial charge in [-0.15, -0.1) is 0 Å². The van der Waals surface area contributed by atoms with E-state index in [4.69, 9.17) is 4.74 Å². The molecule has 0 spiro atoms. The summed E-state index contributed by atoms with van der Waals surface area (Å²) in [6.45, 7) is 0.552. The van der Waals surface area contributed by atoms with Crippen LogP contribution < -0.4 is 4.74 Å². The van der Waals surface area contributed by atoms with Crippen LogP contribution in [0.15, 0.2) is 78.9 Å². The fourth-order valence-electron chi connectivity index (χ4n) is 3.23. The van der Waals surface area contributed by atoms with Gasteiger partial charge in [0.05, 0.1) is 19.4 Å². The van der Waals surface area contributed by atoms with E-state index in [2.05, 4.69) is 6.08 Å². The average Bonchev–Trinajstić information content (AvgIpc) is 2.95. The highest BCUT2D eigenvalue weighted by atomic mass is 16.5. The van der Waals surface area contributed by atoms with Gasteiger partial charge < -0.3 is 9.64 Å². The van der Waals surface area contributed by atoms with Gasteiger partial charge in [0.1, 0.15) is 5.75 Å². The van der Waals surface area contributed by atoms with Crippen LogP contribution in [0.2, 0.25) is 0 Å². The summed E-state index contributed by atoms with van der Waals surface area (Å²) in [5, 5.41) is 0. The van der Waals surface area contributed by atoms with E-state index in [1.165, 1.54) is 0 Å². The van der Waals surface area contributed by atoms with Gasteiger partial charge in [0.25, 0.3) is 5.91 Å². The number of nitrogens with zero attached hydrogens (tertiary/aromatic N) is 1. The molecular formula is C23H19NO2. The molecule has 0 fully saturated rings. The zero-order chi connectivity index (χ0) is 17.9. The summed E-state index contributed by atoms with van der Waals surface area (Å²) in [6, 6.07) is 25.7. The lowest BCUT2D eigenvalue weighted by Crippen LogP contribution is -2.22. The minimum absolute atomic E-state index is 0.0456. The third-order valence-corrected chi connectivity index (χ3v) is 4.57. The van der Waals surface area contributed by atoms with Gasteiger partial charge in [-0.25, -0.2) is 0 Å². The van der Waals surface area contributed by atoms with Crippen molar-refractivity contribution < 1.29 is 9.53 Å². The zero-order valence-corrected chi connectivity index (χ0v) is 14.6. The lowest BCUT2D eigenvalue weighted by molar-refractivity contribution is 0.0843. The zero-order valence-electron chi connectivity index (χ0n) is 14.6. The molecule has 0 N–H and O–H groups in total. The SMILES string of the molecule is COc1ccc(/C=C2\c3ccccc3C(=O)N2Cc2ccccc2)cc1. The number of ether oxygens (including phenoxy) is 1. The Morgan fingerprint density at radius 1 is 0.846 bits per heavy atom. The lowest BCUT2D eigenvalue weighted by atomic mass is 10.1. The molecule has 1 amide bonds. The van der Waals surface area contributed by atoms with Crippen molar-refractivity contribution in [2.24, 2.45) is 0 Å². The van der Waals surface area contributed by atoms with Gasteiger partial charge in [-0.05, 0) is 35.4 Å². The van der Waals surface area contributed by atoms with Crippen LogP contribution in [0.4, 0.5) is 0 Å². The van der Waals surface area contributed by atoms with Gasteiger partial charge in [-0.2, -0.15) is 0 Å². The van der Waals surface area contributed by atoms with Crippen LogP contribution in [0, 0.1) is 0 Å². The molecule has 0 saturated carbocycles. The maximum absolute atomic E-state index is 13.0. The molecule has 0 radical (unpaired) electrons. The van der Waals surface area contributed by atoms with Crippen molar-refractivity contribution in [3.63, 3.8) is 0 Å². The van der Waals surface area contributed by atoms with E-state index in [0.29, 0.717) is 6.54 Å². The second-order valence-electron chi connectivity index (χ2n) is 6.23. The van der Waals surface area contributed by atoms with Crippen LogP contribution in [0.5, 0.6) is 5.75 Å². The number of hydrogen-bond acceptors (Lipinski definition) is 2. The summed E-state index contributed by atoms with van der Waals surface area (Å²) in [5.74, 6) is 0.861. The molecule has 4 rings (SSSR count). The van der Waals surface area contributed by atoms with Gasteiger partial charge in [0, 0.05) is 11.1 Å². The van der Waals surface area contributed by atoms with Crippen molar-refractivity contribution in [3.05, 3.63) is 101 Å². The molecule has 26 heavy (non-hydrogen) atoms. The van der Waals surface area contributed by atoms with E-state index in [0.717, 1.165) is 33.7 Å². The van der Waals surface area contributed by atoms with Crippen LogP contribution in [0.25, 0.3) is 11.8 Å². The Balaban J connectivity index is 1.76. The van der Waals surface area contributed by atoms with Gasteiger partial charge in [0.15, 0.2) is 0 Å². The Morgan fingerprint density at radius 3 is 2.19 bits per heavy atom. The van der Waals surface area contributed by atoms with Crippen molar-refractivity contribution in [2.75, 3.05) is 7.11 Å². The van der Waals surface area contributed by atoms with E-state index in [1.807, 2.05) is 83.8 Å². The van der Waals surface area contributed by atoms with Crippen molar-refractivity contribution in [1.29, 1.82) is 0 Å². The van der Waals surface area contributed by atoms with Gasteiger partial charge in [-0.3, -0.25) is 4.79 Å². The monoisotopic (exact) mass is 341 g/mol. The minimum Gasteiger partial charge on any atom is -0.497 e. The fraction of sp³-hybridized carbons (Fsp3) is 0.0870. The second kappa shape index (κ2) is 6.89. The first-order valence-electron chi connectivity index (χ1n) is 8.57. The van der Waals surface area contributed by atoms with E-state index >= 15 is 0 Å². The third-order valence-electron chi connectivity index (χ3n) is 4.57. The maximum atomic E-state index is 13.0. The summed E-state index contributed by atoms with van der Waals surface area (Å²) in [4.78, 5) is 14.8. The van der Waals surface area contributed by atoms with Gasteiger partial charge in [0.2, 0.25) is 0 Å². The third kappa shape index (κ3) is 3.00. The van der Waals surface area contributed by atoms with Crippen molar-refractivity contribution in [3.8, 4) is 5.75 Å². The molecule has 128 valence electrons. The van der Waals surface area contributed by atoms with E-state index in [1.54, 1.807) is 7.11 Å². The highest BCUT2D eigenvalue weighted by molar-refractivity contribution is 6.11. The number of benzene rings is 3. The maximum Gasteiger partial charge on any atom is 0.259 e. The van der Waals surface area contributed by atoms with Crippen LogP contribution in [-0.2, 0) is 6.54 Å². The van der Waals surface area contributed by atoms with Crippen LogP contribution >= 0.6 is 0 Å². The predicted molar refractivity (Wildman–Crippen MR) is 104 cm³/mol. The average molecular weight is 341 g/mol. The molecule has 1 aliphatic rings. The topological polar surface area (TPSA) is 29.5 Å². The number of methoxy groups -OCH3 is 1. The van der Waals surface area contributed by atoms with Crippen LogP contribution in [-0.4, -0.2) is 17.9 Å². The number of rotatable bonds is 4. The molecule has 3 aromatic carbocycles. The fourth-order valence-corrected chi connectivity index (χ4v) is 3.23. The van der Waals surface area contributed by atoms with Crippen molar-refractivity contribution in [2.45, 2.75) is 6.54 Å². The van der Waals surface area contributed by atoms with Crippen LogP contribution in [0.1, 0.15) is 27.0 Å². The van der Waals surface area contributed by atoms with Crippen molar-refractivity contribution >= 4 is 17.7 Å². The molecule has 0 bridgehead atoms. The lowest BCUT2D eigenvalue weighted by Gasteiger charge is -2.19. The normalized spacial score (nSPS) is 14.6. The minimum atomic E-state index is 0.0456. The number of carbonyl (C=O) groups is 1. The molecule has 3 heteroatoms. The Kier molecular flexibility index (Phi) is 4.28. The second-order valence-corrected chi connectivity index (χ2v) is 6.23. The first kappa shape index (κ1) is 16.2. The van der Waals surface area contributed by atoms with Gasteiger partial charge in [-0.1, -0.05) is 60.7 Å². The molecule has 0 saturated heterocycles. The molecule has 0 unspecified atom stereocenters. The Morgan fingerprint density at radius 2 is 1.50 bits per heavy atom. The molecule has 3 aromatic rings. The van der Waals surface area contributed by atoms with E-state index < -0.39 is 0 Å². The standard InChI is InChI=1S/C23H19NO2/c1-26-19-13-11-17(12-14-19)15-22-20-9-5-6-10-21(20)23(25)24(22)16-18-7-3-2-4-8-18/h2-15H,16H2,1H3/b22-15+. The van der Waals surface area contributed by atoms with E-state index in [9.17, 15) is 4.79 Å². The van der Waals surface area contributed by atoms with Gasteiger partial charge >= 0.3 is 0 Å². The number of amides is 1. The van der Waals surface area contributed by atoms with Crippen molar-refractivity contribution in [1.82, 2.24) is 4.90 Å². The smallest absolute Gasteiger partial charge is 0.259 e. The molecular weight excluding hydrogens is 322 g/mol. The van der Waals surface area contributed by atoms with E-state index in [-0.39, 0.29) is 5.91 Å². The Bertz CT molecular complexity index is 959. The number of hydrogen-bond donors (Lipinski definition) is 0. The number of fused-ring (bicyclic) bond motifs is 1.